The minimum Gasteiger partial charge on any atom is -0.383 e. The van der Waals surface area contributed by atoms with Gasteiger partial charge in [-0.2, -0.15) is 0 Å². The van der Waals surface area contributed by atoms with E-state index in [2.05, 4.69) is 4.98 Å². The average Bonchev–Trinajstić information content (AvgIpc) is 2.34. The highest BCUT2D eigenvalue weighted by molar-refractivity contribution is 6.30. The molecule has 0 atom stereocenters. The van der Waals surface area contributed by atoms with Crippen LogP contribution in [-0.4, -0.2) is 48.5 Å². The molecule has 1 aromatic rings. The average molecular weight is 277 g/mol. The van der Waals surface area contributed by atoms with E-state index in [1.807, 2.05) is 0 Å². The van der Waals surface area contributed by atoms with Gasteiger partial charge in [0, 0.05) is 32.3 Å². The molecule has 94 valence electrons. The number of rotatable bonds is 6. The lowest BCUT2D eigenvalue weighted by Gasteiger charge is -2.20. The first-order chi connectivity index (χ1) is 8.19. The van der Waals surface area contributed by atoms with Crippen molar-refractivity contribution < 1.29 is 9.53 Å². The molecule has 6 heteroatoms. The molecule has 0 bridgehead atoms. The third-order valence-corrected chi connectivity index (χ3v) is 2.55. The Morgan fingerprint density at radius 3 is 2.76 bits per heavy atom. The van der Waals surface area contributed by atoms with Crippen molar-refractivity contribution in [1.29, 1.82) is 0 Å². The van der Waals surface area contributed by atoms with Crippen molar-refractivity contribution in [3.05, 3.63) is 29.0 Å². The van der Waals surface area contributed by atoms with Crippen LogP contribution in [-0.2, 0) is 4.74 Å². The number of amides is 1. The first kappa shape index (κ1) is 14.2. The van der Waals surface area contributed by atoms with Crippen LogP contribution < -0.4 is 0 Å². The Kier molecular flexibility index (Phi) is 6.26. The quantitative estimate of drug-likeness (QED) is 0.747. The Morgan fingerprint density at radius 2 is 2.24 bits per heavy atom. The summed E-state index contributed by atoms with van der Waals surface area (Å²) in [5.41, 5.74) is 0.357. The van der Waals surface area contributed by atoms with Crippen LogP contribution in [0.25, 0.3) is 0 Å². The number of alkyl halides is 1. The van der Waals surface area contributed by atoms with Gasteiger partial charge in [-0.3, -0.25) is 4.79 Å². The van der Waals surface area contributed by atoms with Crippen molar-refractivity contribution in [2.45, 2.75) is 0 Å². The normalized spacial score (nSPS) is 10.3. The van der Waals surface area contributed by atoms with Crippen LogP contribution in [0.5, 0.6) is 0 Å². The summed E-state index contributed by atoms with van der Waals surface area (Å²) in [4.78, 5) is 17.6. The zero-order chi connectivity index (χ0) is 12.7. The topological polar surface area (TPSA) is 42.4 Å². The van der Waals surface area contributed by atoms with Gasteiger partial charge in [0.2, 0.25) is 0 Å². The number of hydrogen-bond acceptors (Lipinski definition) is 3. The Hall–Kier alpha value is -0.840. The highest BCUT2D eigenvalue weighted by atomic mass is 35.5. The van der Waals surface area contributed by atoms with Gasteiger partial charge in [0.15, 0.2) is 0 Å². The van der Waals surface area contributed by atoms with Crippen LogP contribution in [0.3, 0.4) is 0 Å². The van der Waals surface area contributed by atoms with Gasteiger partial charge in [0.1, 0.15) is 5.69 Å². The number of nitrogens with zero attached hydrogens (tertiary/aromatic N) is 2. The fourth-order valence-corrected chi connectivity index (χ4v) is 1.60. The molecule has 1 aromatic heterocycles. The SMILES string of the molecule is COCCN(CCCl)C(=O)c1ccc(Cl)cn1. The van der Waals surface area contributed by atoms with Gasteiger partial charge in [0.05, 0.1) is 11.6 Å². The molecular formula is C11H14Cl2N2O2. The number of aromatic nitrogens is 1. The lowest BCUT2D eigenvalue weighted by atomic mass is 10.3. The molecule has 0 N–H and O–H groups in total. The smallest absolute Gasteiger partial charge is 0.272 e. The first-order valence-electron chi connectivity index (χ1n) is 5.14. The fraction of sp³-hybridized carbons (Fsp3) is 0.455. The molecule has 4 nitrogen and oxygen atoms in total. The fourth-order valence-electron chi connectivity index (χ4n) is 1.28. The van der Waals surface area contributed by atoms with Crippen LogP contribution in [0, 0.1) is 0 Å². The van der Waals surface area contributed by atoms with E-state index in [0.29, 0.717) is 36.3 Å². The number of methoxy groups -OCH3 is 1. The first-order valence-corrected chi connectivity index (χ1v) is 6.06. The Labute approximate surface area is 110 Å². The molecule has 0 aliphatic carbocycles. The number of hydrogen-bond donors (Lipinski definition) is 0. The maximum atomic E-state index is 12.1. The third kappa shape index (κ3) is 4.50. The number of pyridine rings is 1. The van der Waals surface area contributed by atoms with Crippen LogP contribution in [0.15, 0.2) is 18.3 Å². The molecule has 0 fully saturated rings. The predicted molar refractivity (Wildman–Crippen MR) is 67.7 cm³/mol. The van der Waals surface area contributed by atoms with Gasteiger partial charge in [0.25, 0.3) is 5.91 Å². The van der Waals surface area contributed by atoms with E-state index in [9.17, 15) is 4.79 Å². The zero-order valence-corrected chi connectivity index (χ0v) is 11.0. The van der Waals surface area contributed by atoms with Gasteiger partial charge in [-0.15, -0.1) is 11.6 Å². The van der Waals surface area contributed by atoms with Gasteiger partial charge in [-0.1, -0.05) is 11.6 Å². The summed E-state index contributed by atoms with van der Waals surface area (Å²) in [6.45, 7) is 1.43. The Morgan fingerprint density at radius 1 is 1.47 bits per heavy atom. The third-order valence-electron chi connectivity index (χ3n) is 2.15. The van der Waals surface area contributed by atoms with Crippen LogP contribution in [0.2, 0.25) is 5.02 Å². The molecule has 17 heavy (non-hydrogen) atoms. The van der Waals surface area contributed by atoms with Crippen LogP contribution >= 0.6 is 23.2 Å². The minimum absolute atomic E-state index is 0.167. The van der Waals surface area contributed by atoms with Crippen molar-refractivity contribution in [3.63, 3.8) is 0 Å². The maximum absolute atomic E-state index is 12.1. The standard InChI is InChI=1S/C11H14Cl2N2O2/c1-17-7-6-15(5-4-12)11(16)10-3-2-9(13)8-14-10/h2-3,8H,4-7H2,1H3. The highest BCUT2D eigenvalue weighted by Crippen LogP contribution is 2.08. The Bertz CT molecular complexity index is 357. The predicted octanol–water partition coefficient (Wildman–Crippen LogP) is 2.06. The molecule has 1 rings (SSSR count). The van der Waals surface area contributed by atoms with Gasteiger partial charge in [-0.05, 0) is 12.1 Å². The second-order valence-corrected chi connectivity index (χ2v) is 4.15. The van der Waals surface area contributed by atoms with Crippen molar-refractivity contribution in [2.24, 2.45) is 0 Å². The van der Waals surface area contributed by atoms with Crippen molar-refractivity contribution in [1.82, 2.24) is 9.88 Å². The molecule has 0 radical (unpaired) electrons. The lowest BCUT2D eigenvalue weighted by Crippen LogP contribution is -2.35. The van der Waals surface area contributed by atoms with Gasteiger partial charge < -0.3 is 9.64 Å². The number of halogens is 2. The number of carbonyl (C=O) groups excluding carboxylic acids is 1. The second-order valence-electron chi connectivity index (χ2n) is 3.34. The lowest BCUT2D eigenvalue weighted by molar-refractivity contribution is 0.0702. The molecule has 0 spiro atoms. The summed E-state index contributed by atoms with van der Waals surface area (Å²) in [5, 5.41) is 0.502. The van der Waals surface area contributed by atoms with E-state index >= 15 is 0 Å². The maximum Gasteiger partial charge on any atom is 0.272 e. The van der Waals surface area contributed by atoms with Crippen LogP contribution in [0.4, 0.5) is 0 Å². The van der Waals surface area contributed by atoms with Gasteiger partial charge in [-0.25, -0.2) is 4.98 Å². The molecule has 0 unspecified atom stereocenters. The van der Waals surface area contributed by atoms with E-state index in [4.69, 9.17) is 27.9 Å². The summed E-state index contributed by atoms with van der Waals surface area (Å²) in [6.07, 6.45) is 1.45. The van der Waals surface area contributed by atoms with Crippen molar-refractivity contribution >= 4 is 29.1 Å². The van der Waals surface area contributed by atoms with Crippen molar-refractivity contribution in [3.8, 4) is 0 Å². The van der Waals surface area contributed by atoms with E-state index in [-0.39, 0.29) is 5.91 Å². The monoisotopic (exact) mass is 276 g/mol. The molecule has 0 aliphatic heterocycles. The number of ether oxygens (including phenoxy) is 1. The summed E-state index contributed by atoms with van der Waals surface area (Å²) in [5.74, 6) is 0.211. The largest absolute Gasteiger partial charge is 0.383 e. The molecule has 1 heterocycles. The number of carbonyl (C=O) groups is 1. The molecule has 0 saturated carbocycles. The van der Waals surface area contributed by atoms with E-state index in [0.717, 1.165) is 0 Å². The van der Waals surface area contributed by atoms with E-state index in [1.165, 1.54) is 6.20 Å². The minimum atomic E-state index is -0.167. The van der Waals surface area contributed by atoms with Crippen LogP contribution in [0.1, 0.15) is 10.5 Å². The second kappa shape index (κ2) is 7.48. The summed E-state index contributed by atoms with van der Waals surface area (Å²) >= 11 is 11.4. The zero-order valence-electron chi connectivity index (χ0n) is 9.53. The molecule has 0 aliphatic rings. The summed E-state index contributed by atoms with van der Waals surface area (Å²) < 4.78 is 4.95. The summed E-state index contributed by atoms with van der Waals surface area (Å²) in [6, 6.07) is 3.23. The highest BCUT2D eigenvalue weighted by Gasteiger charge is 2.15. The molecule has 1 amide bonds. The van der Waals surface area contributed by atoms with E-state index in [1.54, 1.807) is 24.1 Å². The molecule has 0 saturated heterocycles. The molecular weight excluding hydrogens is 263 g/mol. The Balaban J connectivity index is 2.72. The molecule has 0 aromatic carbocycles. The van der Waals surface area contributed by atoms with Gasteiger partial charge >= 0.3 is 0 Å². The van der Waals surface area contributed by atoms with Crippen molar-refractivity contribution in [2.75, 3.05) is 32.7 Å². The van der Waals surface area contributed by atoms with E-state index < -0.39 is 0 Å². The summed E-state index contributed by atoms with van der Waals surface area (Å²) in [7, 11) is 1.59.